The molecule has 0 aliphatic heterocycles. The Morgan fingerprint density at radius 1 is 0.600 bits per heavy atom. The Morgan fingerprint density at radius 3 is 1.45 bits per heavy atom. The molecule has 210 valence electrons. The van der Waals surface area contributed by atoms with Crippen molar-refractivity contribution >= 4 is 0 Å². The highest BCUT2D eigenvalue weighted by molar-refractivity contribution is 5.53. The lowest BCUT2D eigenvalue weighted by molar-refractivity contribution is 0.341. The third-order valence-corrected chi connectivity index (χ3v) is 8.00. The first-order chi connectivity index (χ1) is 19.4. The maximum atomic E-state index is 9.33. The largest absolute Gasteiger partial charge is 0.392 e. The zero-order valence-corrected chi connectivity index (χ0v) is 25.2. The molecule has 0 radical (unpaired) electrons. The van der Waals surface area contributed by atoms with Gasteiger partial charge in [-0.15, -0.1) is 0 Å². The molecule has 0 aliphatic carbocycles. The summed E-state index contributed by atoms with van der Waals surface area (Å²) in [4.78, 5) is 0. The van der Waals surface area contributed by atoms with Gasteiger partial charge in [0.25, 0.3) is 0 Å². The van der Waals surface area contributed by atoms with Gasteiger partial charge in [-0.25, -0.2) is 0 Å². The van der Waals surface area contributed by atoms with Crippen LogP contribution < -0.4 is 0 Å². The summed E-state index contributed by atoms with van der Waals surface area (Å²) < 4.78 is 0. The van der Waals surface area contributed by atoms with Crippen molar-refractivity contribution in [3.05, 3.63) is 154 Å². The molecule has 40 heavy (non-hydrogen) atoms. The second-order valence-electron chi connectivity index (χ2n) is 11.3. The van der Waals surface area contributed by atoms with Gasteiger partial charge in [0.2, 0.25) is 0 Å². The van der Waals surface area contributed by atoms with Crippen LogP contribution in [0.15, 0.2) is 138 Å². The Morgan fingerprint density at radius 2 is 1.02 bits per heavy atom. The van der Waals surface area contributed by atoms with Crippen molar-refractivity contribution in [1.29, 1.82) is 0 Å². The number of allylic oxidation sites excluding steroid dienone is 7. The molecule has 0 fully saturated rings. The summed E-state index contributed by atoms with van der Waals surface area (Å²) in [6.45, 7) is 11.2. The van der Waals surface area contributed by atoms with E-state index in [2.05, 4.69) is 144 Å². The normalized spacial score (nSPS) is 13.7. The molecule has 0 heterocycles. The zero-order valence-electron chi connectivity index (χ0n) is 25.2. The predicted octanol–water partition coefficient (Wildman–Crippen LogP) is 10.4. The van der Waals surface area contributed by atoms with Crippen molar-refractivity contribution in [3.8, 4) is 0 Å². The highest BCUT2D eigenvalue weighted by atomic mass is 16.2. The second kappa shape index (κ2) is 16.0. The van der Waals surface area contributed by atoms with Crippen LogP contribution in [-0.4, -0.2) is 11.7 Å². The van der Waals surface area contributed by atoms with E-state index >= 15 is 0 Å². The van der Waals surface area contributed by atoms with Gasteiger partial charge < -0.3 is 5.11 Å². The van der Waals surface area contributed by atoms with Gasteiger partial charge in [0.05, 0.1) is 12.0 Å². The number of benzene rings is 3. The van der Waals surface area contributed by atoms with Crippen LogP contribution in [0.1, 0.15) is 83.4 Å². The third-order valence-electron chi connectivity index (χ3n) is 8.00. The fourth-order valence-corrected chi connectivity index (χ4v) is 5.85. The first-order valence-electron chi connectivity index (χ1n) is 14.8. The Kier molecular flexibility index (Phi) is 12.4. The lowest BCUT2D eigenvalue weighted by atomic mass is 9.59. The molecule has 1 N–H and O–H groups in total. The van der Waals surface area contributed by atoms with Crippen LogP contribution in [0.2, 0.25) is 0 Å². The minimum Gasteiger partial charge on any atom is -0.392 e. The highest BCUT2D eigenvalue weighted by Crippen LogP contribution is 2.49. The van der Waals surface area contributed by atoms with E-state index in [-0.39, 0.29) is 17.9 Å². The third kappa shape index (κ3) is 8.29. The van der Waals surface area contributed by atoms with Gasteiger partial charge in [0.1, 0.15) is 0 Å². The van der Waals surface area contributed by atoms with E-state index in [1.54, 1.807) is 0 Å². The number of hydrogen-bond donors (Lipinski definition) is 1. The molecule has 0 saturated heterocycles. The molecule has 1 unspecified atom stereocenters. The molecule has 1 atom stereocenters. The molecular weight excluding hydrogens is 484 g/mol. The smallest absolute Gasteiger partial charge is 0.0614 e. The van der Waals surface area contributed by atoms with E-state index in [0.29, 0.717) is 0 Å². The van der Waals surface area contributed by atoms with Crippen LogP contribution in [0, 0.1) is 5.92 Å². The SMILES string of the molecule is CC(C)=CCCC(C)=CCC(C(C)=CCCC(C)=CCO)C(c1ccccc1)(c1ccccc1)c1ccccc1. The quantitative estimate of drug-likeness (QED) is 0.162. The number of aliphatic hydroxyl groups excluding tert-OH is 1. The summed E-state index contributed by atoms with van der Waals surface area (Å²) in [6.07, 6.45) is 14.2. The molecule has 0 aromatic heterocycles. The van der Waals surface area contributed by atoms with E-state index in [9.17, 15) is 5.11 Å². The van der Waals surface area contributed by atoms with Gasteiger partial charge in [-0.05, 0) is 83.4 Å². The van der Waals surface area contributed by atoms with E-state index in [1.165, 1.54) is 39.0 Å². The monoisotopic (exact) mass is 532 g/mol. The first-order valence-corrected chi connectivity index (χ1v) is 14.8. The van der Waals surface area contributed by atoms with Crippen LogP contribution in [0.25, 0.3) is 0 Å². The van der Waals surface area contributed by atoms with Crippen LogP contribution in [0.5, 0.6) is 0 Å². The Hall–Kier alpha value is -3.42. The number of rotatable bonds is 14. The van der Waals surface area contributed by atoms with Crippen molar-refractivity contribution in [2.24, 2.45) is 5.92 Å². The van der Waals surface area contributed by atoms with Gasteiger partial charge in [-0.3, -0.25) is 0 Å². The summed E-state index contributed by atoms with van der Waals surface area (Å²) in [5.74, 6) is 0.222. The van der Waals surface area contributed by atoms with E-state index in [4.69, 9.17) is 0 Å². The standard InChI is InChI=1S/C39H48O/c1-31(2)17-15-18-32(3)27-28-38(34(5)20-16-19-33(4)29-30-40)39(35-21-9-6-10-22-35,36-23-11-7-12-24-36)37-25-13-8-14-26-37/h6-14,17,20-27,29,38,40H,15-16,18-19,28,30H2,1-5H3. The van der Waals surface area contributed by atoms with Crippen LogP contribution in [-0.2, 0) is 5.41 Å². The van der Waals surface area contributed by atoms with Crippen LogP contribution in [0.3, 0.4) is 0 Å². The average molecular weight is 533 g/mol. The van der Waals surface area contributed by atoms with Crippen molar-refractivity contribution in [3.63, 3.8) is 0 Å². The molecule has 0 saturated carbocycles. The Labute approximate surface area is 243 Å². The minimum atomic E-state index is -0.350. The summed E-state index contributed by atoms with van der Waals surface area (Å²) in [6, 6.07) is 33.2. The lowest BCUT2D eigenvalue weighted by Gasteiger charge is -2.43. The topological polar surface area (TPSA) is 20.2 Å². The van der Waals surface area contributed by atoms with Crippen molar-refractivity contribution < 1.29 is 5.11 Å². The summed E-state index contributed by atoms with van der Waals surface area (Å²) in [5, 5.41) is 9.33. The lowest BCUT2D eigenvalue weighted by Crippen LogP contribution is -2.38. The van der Waals surface area contributed by atoms with Gasteiger partial charge >= 0.3 is 0 Å². The average Bonchev–Trinajstić information content (AvgIpc) is 2.96. The van der Waals surface area contributed by atoms with E-state index < -0.39 is 0 Å². The summed E-state index contributed by atoms with van der Waals surface area (Å²) >= 11 is 0. The molecule has 0 bridgehead atoms. The maximum absolute atomic E-state index is 9.33. The molecule has 1 heteroatoms. The Balaban J connectivity index is 2.22. The highest BCUT2D eigenvalue weighted by Gasteiger charge is 2.43. The molecular formula is C39H48O. The van der Waals surface area contributed by atoms with Gasteiger partial charge in [-0.1, -0.05) is 138 Å². The minimum absolute atomic E-state index is 0.104. The molecule has 1 nitrogen and oxygen atoms in total. The van der Waals surface area contributed by atoms with Gasteiger partial charge in [0.15, 0.2) is 0 Å². The molecule has 3 aromatic rings. The number of hydrogen-bond acceptors (Lipinski definition) is 1. The first kappa shape index (κ1) is 31.1. The van der Waals surface area contributed by atoms with Gasteiger partial charge in [0, 0.05) is 5.92 Å². The van der Waals surface area contributed by atoms with Crippen molar-refractivity contribution in [1.82, 2.24) is 0 Å². The maximum Gasteiger partial charge on any atom is 0.0614 e. The number of aliphatic hydroxyl groups is 1. The predicted molar refractivity (Wildman–Crippen MR) is 174 cm³/mol. The molecule has 3 aromatic carbocycles. The van der Waals surface area contributed by atoms with Crippen molar-refractivity contribution in [2.75, 3.05) is 6.61 Å². The molecule has 3 rings (SSSR count). The van der Waals surface area contributed by atoms with E-state index in [0.717, 1.165) is 32.1 Å². The second-order valence-corrected chi connectivity index (χ2v) is 11.3. The van der Waals surface area contributed by atoms with Crippen molar-refractivity contribution in [2.45, 2.75) is 72.1 Å². The van der Waals surface area contributed by atoms with E-state index in [1.807, 2.05) is 6.08 Å². The summed E-state index contributed by atoms with van der Waals surface area (Å²) in [7, 11) is 0. The summed E-state index contributed by atoms with van der Waals surface area (Å²) in [5.41, 5.74) is 9.06. The molecule has 0 amide bonds. The molecule has 0 spiro atoms. The fraction of sp³-hybridized carbons (Fsp3) is 0.333. The van der Waals surface area contributed by atoms with Gasteiger partial charge in [-0.2, -0.15) is 0 Å². The zero-order chi connectivity index (χ0) is 28.8. The Bertz CT molecular complexity index is 1180. The van der Waals surface area contributed by atoms with Crippen LogP contribution in [0.4, 0.5) is 0 Å². The van der Waals surface area contributed by atoms with Crippen LogP contribution >= 0.6 is 0 Å². The fourth-order valence-electron chi connectivity index (χ4n) is 5.85. The molecule has 0 aliphatic rings.